The zero-order valence-electron chi connectivity index (χ0n) is 13.3. The molecule has 1 rings (SSSR count). The number of ether oxygens (including phenoxy) is 1. The van der Waals surface area contributed by atoms with Crippen molar-refractivity contribution in [1.29, 1.82) is 0 Å². The molecule has 0 radical (unpaired) electrons. The van der Waals surface area contributed by atoms with Gasteiger partial charge in [0.2, 0.25) is 5.91 Å². The van der Waals surface area contributed by atoms with Crippen molar-refractivity contribution < 1.29 is 19.1 Å². The first-order chi connectivity index (χ1) is 10.3. The Kier molecular flexibility index (Phi) is 6.55. The van der Waals surface area contributed by atoms with E-state index < -0.39 is 17.4 Å². The van der Waals surface area contributed by atoms with Crippen LogP contribution in [0.3, 0.4) is 0 Å². The Morgan fingerprint density at radius 3 is 2.50 bits per heavy atom. The van der Waals surface area contributed by atoms with Crippen molar-refractivity contribution in [1.82, 2.24) is 10.6 Å². The average molecular weight is 326 g/mol. The number of carbonyl (C=O) groups excluding carboxylic acids is 3. The van der Waals surface area contributed by atoms with Crippen LogP contribution in [0.2, 0.25) is 0 Å². The molecule has 7 heteroatoms. The fourth-order valence-corrected chi connectivity index (χ4v) is 2.40. The van der Waals surface area contributed by atoms with E-state index in [0.717, 1.165) is 0 Å². The van der Waals surface area contributed by atoms with Crippen molar-refractivity contribution >= 4 is 29.1 Å². The predicted octanol–water partition coefficient (Wildman–Crippen LogP) is 1.57. The summed E-state index contributed by atoms with van der Waals surface area (Å²) in [6.45, 7) is 5.73. The zero-order chi connectivity index (χ0) is 16.8. The lowest BCUT2D eigenvalue weighted by molar-refractivity contribution is -0.148. The summed E-state index contributed by atoms with van der Waals surface area (Å²) in [6.07, 6.45) is 0.0979. The van der Waals surface area contributed by atoms with Gasteiger partial charge in [-0.25, -0.2) is 4.79 Å². The minimum atomic E-state index is -0.724. The fraction of sp³-hybridized carbons (Fsp3) is 0.533. The van der Waals surface area contributed by atoms with Gasteiger partial charge in [-0.3, -0.25) is 9.59 Å². The van der Waals surface area contributed by atoms with E-state index in [9.17, 15) is 14.4 Å². The number of methoxy groups -OCH3 is 1. The smallest absolute Gasteiger partial charge is 0.328 e. The van der Waals surface area contributed by atoms with E-state index >= 15 is 0 Å². The molecule has 22 heavy (non-hydrogen) atoms. The third kappa shape index (κ3) is 5.48. The Balaban J connectivity index is 2.44. The Morgan fingerprint density at radius 2 is 2.00 bits per heavy atom. The Hall–Kier alpha value is -1.89. The second-order valence-electron chi connectivity index (χ2n) is 5.87. The second-order valence-corrected chi connectivity index (χ2v) is 6.82. The largest absolute Gasteiger partial charge is 0.467 e. The highest BCUT2D eigenvalue weighted by atomic mass is 32.1. The molecular formula is C15H22N2O4S. The number of esters is 1. The van der Waals surface area contributed by atoms with E-state index in [0.29, 0.717) is 4.88 Å². The lowest BCUT2D eigenvalue weighted by Gasteiger charge is -2.29. The molecule has 2 N–H and O–H groups in total. The Labute approximate surface area is 134 Å². The second kappa shape index (κ2) is 7.93. The molecule has 1 heterocycles. The molecule has 0 spiro atoms. The van der Waals surface area contributed by atoms with E-state index in [4.69, 9.17) is 4.74 Å². The van der Waals surface area contributed by atoms with Crippen LogP contribution in [-0.2, 0) is 14.3 Å². The van der Waals surface area contributed by atoms with Gasteiger partial charge in [0.15, 0.2) is 0 Å². The molecule has 0 aliphatic heterocycles. The van der Waals surface area contributed by atoms with Crippen LogP contribution in [-0.4, -0.2) is 37.5 Å². The van der Waals surface area contributed by atoms with Gasteiger partial charge in [-0.05, 0) is 16.9 Å². The standard InChI is InChI=1S/C15H22N2O4S/c1-15(2,3)12(14(20)21-4)17-11(18)7-8-16-13(19)10-6-5-9-22-10/h5-6,9,12H,7-8H2,1-4H3,(H,16,19)(H,17,18)/t12-/m1/s1. The first-order valence-corrected chi connectivity index (χ1v) is 7.82. The highest BCUT2D eigenvalue weighted by Crippen LogP contribution is 2.20. The number of amides is 2. The number of rotatable bonds is 6. The summed E-state index contributed by atoms with van der Waals surface area (Å²) in [6, 6.07) is 2.78. The number of nitrogens with one attached hydrogen (secondary N) is 2. The molecule has 0 aliphatic rings. The van der Waals surface area contributed by atoms with Gasteiger partial charge in [-0.1, -0.05) is 26.8 Å². The SMILES string of the molecule is COC(=O)[C@@H](NC(=O)CCNC(=O)c1cccs1)C(C)(C)C. The first-order valence-electron chi connectivity index (χ1n) is 6.94. The van der Waals surface area contributed by atoms with Crippen LogP contribution in [0.5, 0.6) is 0 Å². The fourth-order valence-electron chi connectivity index (χ4n) is 1.76. The molecular weight excluding hydrogens is 304 g/mol. The molecule has 122 valence electrons. The Morgan fingerprint density at radius 1 is 1.32 bits per heavy atom. The maximum atomic E-state index is 11.9. The normalized spacial score (nSPS) is 12.4. The molecule has 0 saturated heterocycles. The molecule has 0 aromatic carbocycles. The van der Waals surface area contributed by atoms with Gasteiger partial charge in [0.25, 0.3) is 5.91 Å². The van der Waals surface area contributed by atoms with Crippen LogP contribution in [0.25, 0.3) is 0 Å². The van der Waals surface area contributed by atoms with Crippen molar-refractivity contribution in [2.24, 2.45) is 5.41 Å². The molecule has 0 aliphatic carbocycles. The topological polar surface area (TPSA) is 84.5 Å². The third-order valence-corrected chi connectivity index (χ3v) is 3.86. The van der Waals surface area contributed by atoms with Crippen molar-refractivity contribution in [2.45, 2.75) is 33.2 Å². The zero-order valence-corrected chi connectivity index (χ0v) is 14.1. The molecule has 1 aromatic rings. The lowest BCUT2D eigenvalue weighted by atomic mass is 9.86. The summed E-state index contributed by atoms with van der Waals surface area (Å²) in [4.78, 5) is 36.0. The molecule has 0 fully saturated rings. The van der Waals surface area contributed by atoms with Crippen molar-refractivity contribution in [2.75, 3.05) is 13.7 Å². The molecule has 1 atom stereocenters. The monoisotopic (exact) mass is 326 g/mol. The van der Waals surface area contributed by atoms with E-state index in [1.165, 1.54) is 18.4 Å². The van der Waals surface area contributed by atoms with Crippen LogP contribution >= 0.6 is 11.3 Å². The van der Waals surface area contributed by atoms with Gasteiger partial charge < -0.3 is 15.4 Å². The van der Waals surface area contributed by atoms with Crippen LogP contribution < -0.4 is 10.6 Å². The van der Waals surface area contributed by atoms with E-state index in [1.807, 2.05) is 26.2 Å². The van der Waals surface area contributed by atoms with E-state index in [2.05, 4.69) is 10.6 Å². The van der Waals surface area contributed by atoms with Gasteiger partial charge in [0.05, 0.1) is 12.0 Å². The third-order valence-electron chi connectivity index (χ3n) is 2.99. The van der Waals surface area contributed by atoms with Crippen molar-refractivity contribution in [3.8, 4) is 0 Å². The van der Waals surface area contributed by atoms with Gasteiger partial charge >= 0.3 is 5.97 Å². The first kappa shape index (κ1) is 18.2. The van der Waals surface area contributed by atoms with E-state index in [1.54, 1.807) is 12.1 Å². The molecule has 1 aromatic heterocycles. The average Bonchev–Trinajstić information content (AvgIpc) is 2.96. The van der Waals surface area contributed by atoms with E-state index in [-0.39, 0.29) is 24.8 Å². The maximum Gasteiger partial charge on any atom is 0.328 e. The minimum absolute atomic E-state index is 0.0979. The van der Waals surface area contributed by atoms with Gasteiger partial charge in [-0.2, -0.15) is 0 Å². The van der Waals surface area contributed by atoms with Gasteiger partial charge in [-0.15, -0.1) is 11.3 Å². The molecule has 0 bridgehead atoms. The quantitative estimate of drug-likeness (QED) is 0.777. The van der Waals surface area contributed by atoms with Crippen LogP contribution in [0.15, 0.2) is 17.5 Å². The van der Waals surface area contributed by atoms with Crippen LogP contribution in [0.4, 0.5) is 0 Å². The molecule has 2 amide bonds. The minimum Gasteiger partial charge on any atom is -0.467 e. The number of carbonyl (C=O) groups is 3. The molecule has 6 nitrogen and oxygen atoms in total. The Bertz CT molecular complexity index is 520. The number of thiophene rings is 1. The number of hydrogen-bond donors (Lipinski definition) is 2. The predicted molar refractivity (Wildman–Crippen MR) is 84.7 cm³/mol. The summed E-state index contributed by atoms with van der Waals surface area (Å²) < 4.78 is 4.71. The molecule has 0 saturated carbocycles. The summed E-state index contributed by atoms with van der Waals surface area (Å²) in [5.41, 5.74) is -0.455. The summed E-state index contributed by atoms with van der Waals surface area (Å²) >= 11 is 1.34. The summed E-state index contributed by atoms with van der Waals surface area (Å²) in [5.74, 6) is -0.997. The lowest BCUT2D eigenvalue weighted by Crippen LogP contribution is -2.50. The highest BCUT2D eigenvalue weighted by Gasteiger charge is 2.33. The van der Waals surface area contributed by atoms with Gasteiger partial charge in [0.1, 0.15) is 6.04 Å². The summed E-state index contributed by atoms with van der Waals surface area (Å²) in [7, 11) is 1.29. The van der Waals surface area contributed by atoms with Crippen molar-refractivity contribution in [3.05, 3.63) is 22.4 Å². The number of hydrogen-bond acceptors (Lipinski definition) is 5. The van der Waals surface area contributed by atoms with Gasteiger partial charge in [0, 0.05) is 13.0 Å². The van der Waals surface area contributed by atoms with Crippen molar-refractivity contribution in [3.63, 3.8) is 0 Å². The maximum absolute atomic E-state index is 11.9. The molecule has 0 unspecified atom stereocenters. The van der Waals surface area contributed by atoms with Crippen LogP contribution in [0.1, 0.15) is 36.9 Å². The summed E-state index contributed by atoms with van der Waals surface area (Å²) in [5, 5.41) is 7.13. The highest BCUT2D eigenvalue weighted by molar-refractivity contribution is 7.12. The van der Waals surface area contributed by atoms with Crippen LogP contribution in [0, 0.1) is 5.41 Å².